The van der Waals surface area contributed by atoms with Crippen LogP contribution in [0.4, 0.5) is 5.69 Å². The van der Waals surface area contributed by atoms with Crippen LogP contribution in [0.1, 0.15) is 41.0 Å². The number of piperidine rings is 1. The van der Waals surface area contributed by atoms with Crippen molar-refractivity contribution in [3.05, 3.63) is 59.4 Å². The Morgan fingerprint density at radius 2 is 1.82 bits per heavy atom. The Morgan fingerprint density at radius 3 is 2.59 bits per heavy atom. The molecule has 1 saturated heterocycles. The van der Waals surface area contributed by atoms with Gasteiger partial charge in [-0.3, -0.25) is 4.79 Å². The molecule has 5 rings (SSSR count). The number of hydrogen-bond donors (Lipinski definition) is 0. The summed E-state index contributed by atoms with van der Waals surface area (Å²) in [5.74, 6) is 0.432. The van der Waals surface area contributed by atoms with E-state index in [-0.39, 0.29) is 11.6 Å². The van der Waals surface area contributed by atoms with E-state index in [0.717, 1.165) is 36.2 Å². The predicted molar refractivity (Wildman–Crippen MR) is 127 cm³/mol. The first-order chi connectivity index (χ1) is 16.4. The standard InChI is InChI=1S/C24H27N5O4S/c1-17-23(25-26-29(17)19-7-6-8-20(16-19)33-2)24(30)28-14-11-18-15-21(9-10-22(18)28)34(31,32)27-12-4-3-5-13-27/h6-10,15-16H,3-5,11-14H2,1-2H3. The van der Waals surface area contributed by atoms with Crippen molar-refractivity contribution in [2.45, 2.75) is 37.5 Å². The molecular formula is C24H27N5O4S. The zero-order valence-corrected chi connectivity index (χ0v) is 20.1. The number of fused-ring (bicyclic) bond motifs is 1. The minimum absolute atomic E-state index is 0.253. The van der Waals surface area contributed by atoms with E-state index in [1.165, 1.54) is 0 Å². The fourth-order valence-electron chi connectivity index (χ4n) is 4.65. The summed E-state index contributed by atoms with van der Waals surface area (Å²) in [7, 11) is -1.93. The van der Waals surface area contributed by atoms with Crippen molar-refractivity contribution >= 4 is 21.6 Å². The lowest BCUT2D eigenvalue weighted by atomic mass is 10.2. The zero-order valence-electron chi connectivity index (χ0n) is 19.3. The molecule has 0 spiro atoms. The molecule has 10 heteroatoms. The second-order valence-corrected chi connectivity index (χ2v) is 10.5. The van der Waals surface area contributed by atoms with Crippen LogP contribution in [0, 0.1) is 6.92 Å². The van der Waals surface area contributed by atoms with Crippen LogP contribution in [0.3, 0.4) is 0 Å². The quantitative estimate of drug-likeness (QED) is 0.556. The molecule has 2 aliphatic heterocycles. The third-order valence-electron chi connectivity index (χ3n) is 6.54. The molecule has 34 heavy (non-hydrogen) atoms. The number of sulfonamides is 1. The van der Waals surface area contributed by atoms with Crippen LogP contribution >= 0.6 is 0 Å². The van der Waals surface area contributed by atoms with Crippen molar-refractivity contribution in [2.75, 3.05) is 31.6 Å². The van der Waals surface area contributed by atoms with E-state index >= 15 is 0 Å². The summed E-state index contributed by atoms with van der Waals surface area (Å²) in [6.07, 6.45) is 3.44. The van der Waals surface area contributed by atoms with Crippen molar-refractivity contribution in [3.63, 3.8) is 0 Å². The van der Waals surface area contributed by atoms with Gasteiger partial charge in [0, 0.05) is 31.4 Å². The van der Waals surface area contributed by atoms with Crippen molar-refractivity contribution in [1.29, 1.82) is 0 Å². The largest absolute Gasteiger partial charge is 0.497 e. The first kappa shape index (κ1) is 22.5. The first-order valence-corrected chi connectivity index (χ1v) is 12.9. The number of aromatic nitrogens is 3. The lowest BCUT2D eigenvalue weighted by Crippen LogP contribution is -2.35. The maximum Gasteiger partial charge on any atom is 0.280 e. The molecule has 0 atom stereocenters. The Labute approximate surface area is 199 Å². The molecule has 1 aromatic heterocycles. The van der Waals surface area contributed by atoms with Gasteiger partial charge in [-0.1, -0.05) is 17.7 Å². The summed E-state index contributed by atoms with van der Waals surface area (Å²) in [5.41, 5.74) is 3.21. The number of anilines is 1. The molecular weight excluding hydrogens is 454 g/mol. The Kier molecular flexibility index (Phi) is 5.86. The molecule has 3 heterocycles. The molecule has 0 saturated carbocycles. The Balaban J connectivity index is 1.41. The van der Waals surface area contributed by atoms with E-state index in [1.807, 2.05) is 24.3 Å². The highest BCUT2D eigenvalue weighted by molar-refractivity contribution is 7.89. The summed E-state index contributed by atoms with van der Waals surface area (Å²) < 4.78 is 34.6. The van der Waals surface area contributed by atoms with Gasteiger partial charge in [0.1, 0.15) is 5.75 Å². The van der Waals surface area contributed by atoms with Gasteiger partial charge < -0.3 is 9.64 Å². The van der Waals surface area contributed by atoms with Crippen LogP contribution in [-0.4, -0.2) is 60.4 Å². The third kappa shape index (κ3) is 3.86. The molecule has 1 fully saturated rings. The van der Waals surface area contributed by atoms with Gasteiger partial charge in [-0.2, -0.15) is 4.31 Å². The van der Waals surface area contributed by atoms with Gasteiger partial charge in [0.2, 0.25) is 10.0 Å². The summed E-state index contributed by atoms with van der Waals surface area (Å²) in [4.78, 5) is 15.3. The minimum atomic E-state index is -3.52. The number of methoxy groups -OCH3 is 1. The maximum absolute atomic E-state index is 13.4. The molecule has 0 radical (unpaired) electrons. The molecule has 0 bridgehead atoms. The number of carbonyl (C=O) groups excluding carboxylic acids is 1. The van der Waals surface area contributed by atoms with Crippen molar-refractivity contribution in [2.24, 2.45) is 0 Å². The highest BCUT2D eigenvalue weighted by atomic mass is 32.2. The fraction of sp³-hybridized carbons (Fsp3) is 0.375. The van der Waals surface area contributed by atoms with E-state index in [2.05, 4.69) is 10.3 Å². The van der Waals surface area contributed by atoms with E-state index in [9.17, 15) is 13.2 Å². The topological polar surface area (TPSA) is 97.6 Å². The van der Waals surface area contributed by atoms with Crippen LogP contribution in [0.25, 0.3) is 5.69 Å². The number of rotatable bonds is 5. The predicted octanol–water partition coefficient (Wildman–Crippen LogP) is 2.96. The van der Waals surface area contributed by atoms with Gasteiger partial charge in [-0.25, -0.2) is 13.1 Å². The average molecular weight is 482 g/mol. The van der Waals surface area contributed by atoms with Crippen LogP contribution in [0.2, 0.25) is 0 Å². The normalized spacial score (nSPS) is 16.5. The van der Waals surface area contributed by atoms with Crippen molar-refractivity contribution < 1.29 is 17.9 Å². The van der Waals surface area contributed by atoms with Gasteiger partial charge >= 0.3 is 0 Å². The molecule has 1 amide bonds. The summed E-state index contributed by atoms with van der Waals surface area (Å²) in [6.45, 7) is 3.39. The summed E-state index contributed by atoms with van der Waals surface area (Å²) >= 11 is 0. The number of benzene rings is 2. The third-order valence-corrected chi connectivity index (χ3v) is 8.43. The molecule has 9 nitrogen and oxygen atoms in total. The van der Waals surface area contributed by atoms with E-state index < -0.39 is 10.0 Å². The Hall–Kier alpha value is -3.24. The number of nitrogens with zero attached hydrogens (tertiary/aromatic N) is 5. The number of hydrogen-bond acceptors (Lipinski definition) is 6. The fourth-order valence-corrected chi connectivity index (χ4v) is 6.21. The number of carbonyl (C=O) groups is 1. The molecule has 178 valence electrons. The molecule has 0 N–H and O–H groups in total. The lowest BCUT2D eigenvalue weighted by molar-refractivity contribution is 0.0984. The van der Waals surface area contributed by atoms with Gasteiger partial charge in [0.05, 0.1) is 23.4 Å². The van der Waals surface area contributed by atoms with Gasteiger partial charge in [0.15, 0.2) is 5.69 Å². The molecule has 2 aliphatic rings. The Morgan fingerprint density at radius 1 is 1.03 bits per heavy atom. The first-order valence-electron chi connectivity index (χ1n) is 11.4. The van der Waals surface area contributed by atoms with Gasteiger partial charge in [-0.15, -0.1) is 5.10 Å². The summed E-state index contributed by atoms with van der Waals surface area (Å²) in [6, 6.07) is 12.4. The number of amides is 1. The monoisotopic (exact) mass is 481 g/mol. The summed E-state index contributed by atoms with van der Waals surface area (Å²) in [5, 5.41) is 8.35. The minimum Gasteiger partial charge on any atom is -0.497 e. The molecule has 2 aromatic carbocycles. The smallest absolute Gasteiger partial charge is 0.280 e. The van der Waals surface area contributed by atoms with Crippen LogP contribution in [-0.2, 0) is 16.4 Å². The van der Waals surface area contributed by atoms with Gasteiger partial charge in [-0.05, 0) is 62.1 Å². The van der Waals surface area contributed by atoms with Crippen LogP contribution in [0.5, 0.6) is 5.75 Å². The zero-order chi connectivity index (χ0) is 23.9. The van der Waals surface area contributed by atoms with Crippen LogP contribution < -0.4 is 9.64 Å². The lowest BCUT2D eigenvalue weighted by Gasteiger charge is -2.26. The molecule has 3 aromatic rings. The van der Waals surface area contributed by atoms with Crippen molar-refractivity contribution in [3.8, 4) is 11.4 Å². The second kappa shape index (κ2) is 8.84. The Bertz CT molecular complexity index is 1350. The van der Waals surface area contributed by atoms with Crippen molar-refractivity contribution in [1.82, 2.24) is 19.3 Å². The average Bonchev–Trinajstić information content (AvgIpc) is 3.47. The molecule has 0 unspecified atom stereocenters. The van der Waals surface area contributed by atoms with Gasteiger partial charge in [0.25, 0.3) is 5.91 Å². The van der Waals surface area contributed by atoms with E-state index in [1.54, 1.807) is 46.1 Å². The second-order valence-electron chi connectivity index (χ2n) is 8.60. The number of ether oxygens (including phenoxy) is 1. The highest BCUT2D eigenvalue weighted by Crippen LogP contribution is 2.33. The van der Waals surface area contributed by atoms with Crippen LogP contribution in [0.15, 0.2) is 47.4 Å². The van der Waals surface area contributed by atoms with E-state index in [4.69, 9.17) is 4.74 Å². The van der Waals surface area contributed by atoms with E-state index in [0.29, 0.717) is 42.4 Å². The molecule has 0 aliphatic carbocycles. The maximum atomic E-state index is 13.4. The highest BCUT2D eigenvalue weighted by Gasteiger charge is 2.32. The SMILES string of the molecule is COc1cccc(-n2nnc(C(=O)N3CCc4cc(S(=O)(=O)N5CCCCC5)ccc43)c2C)c1.